The molecular formula is C13H26N2O. The molecule has 16 heavy (non-hydrogen) atoms. The van der Waals surface area contributed by atoms with E-state index < -0.39 is 0 Å². The highest BCUT2D eigenvalue weighted by Crippen LogP contribution is 2.21. The van der Waals surface area contributed by atoms with Gasteiger partial charge in [-0.2, -0.15) is 0 Å². The van der Waals surface area contributed by atoms with E-state index in [2.05, 4.69) is 16.8 Å². The first-order chi connectivity index (χ1) is 7.75. The number of nitrogens with zero attached hydrogens (tertiary/aromatic N) is 2. The van der Waals surface area contributed by atoms with Crippen LogP contribution < -0.4 is 0 Å². The topological polar surface area (TPSA) is 26.7 Å². The lowest BCUT2D eigenvalue weighted by Gasteiger charge is -2.35. The number of hydrogen-bond acceptors (Lipinski definition) is 3. The van der Waals surface area contributed by atoms with Gasteiger partial charge in [0.2, 0.25) is 0 Å². The summed E-state index contributed by atoms with van der Waals surface area (Å²) in [5.41, 5.74) is 0. The van der Waals surface area contributed by atoms with Crippen molar-refractivity contribution in [2.75, 3.05) is 39.8 Å². The molecule has 1 N–H and O–H groups in total. The van der Waals surface area contributed by atoms with Gasteiger partial charge in [0.1, 0.15) is 0 Å². The van der Waals surface area contributed by atoms with Crippen molar-refractivity contribution in [3.05, 3.63) is 0 Å². The van der Waals surface area contributed by atoms with Crippen LogP contribution in [0.3, 0.4) is 0 Å². The fourth-order valence-corrected chi connectivity index (χ4v) is 2.97. The minimum absolute atomic E-state index is 0.0909. The van der Waals surface area contributed by atoms with Crippen LogP contribution >= 0.6 is 0 Å². The van der Waals surface area contributed by atoms with E-state index in [1.165, 1.54) is 45.2 Å². The predicted molar refractivity (Wildman–Crippen MR) is 66.5 cm³/mol. The molecule has 2 heterocycles. The van der Waals surface area contributed by atoms with E-state index in [9.17, 15) is 5.11 Å². The van der Waals surface area contributed by atoms with Gasteiger partial charge in [-0.1, -0.05) is 6.42 Å². The second-order valence-corrected chi connectivity index (χ2v) is 5.57. The van der Waals surface area contributed by atoms with Crippen LogP contribution in [0.1, 0.15) is 32.1 Å². The lowest BCUT2D eigenvalue weighted by Crippen LogP contribution is -2.42. The molecule has 94 valence electrons. The van der Waals surface area contributed by atoms with Crippen molar-refractivity contribution >= 4 is 0 Å². The summed E-state index contributed by atoms with van der Waals surface area (Å²) in [6.07, 6.45) is 6.27. The standard InChI is InChI=1S/C13H26N2O/c1-14-9-5-12(6-10-14)13(16)11-15-7-3-2-4-8-15/h12-13,16H,2-11H2,1H3. The average molecular weight is 226 g/mol. The van der Waals surface area contributed by atoms with E-state index in [4.69, 9.17) is 0 Å². The summed E-state index contributed by atoms with van der Waals surface area (Å²) >= 11 is 0. The maximum atomic E-state index is 10.3. The molecule has 2 fully saturated rings. The summed E-state index contributed by atoms with van der Waals surface area (Å²) < 4.78 is 0. The molecule has 0 spiro atoms. The molecule has 2 rings (SSSR count). The maximum absolute atomic E-state index is 10.3. The largest absolute Gasteiger partial charge is 0.392 e. The lowest BCUT2D eigenvalue weighted by molar-refractivity contribution is 0.0310. The Labute approximate surface area is 99.4 Å². The molecule has 3 nitrogen and oxygen atoms in total. The number of rotatable bonds is 3. The van der Waals surface area contributed by atoms with Crippen LogP contribution in [-0.2, 0) is 0 Å². The molecule has 0 aliphatic carbocycles. The molecule has 2 saturated heterocycles. The molecule has 3 heteroatoms. The Morgan fingerprint density at radius 3 is 2.31 bits per heavy atom. The van der Waals surface area contributed by atoms with Crippen LogP contribution in [0, 0.1) is 5.92 Å². The van der Waals surface area contributed by atoms with Gasteiger partial charge < -0.3 is 14.9 Å². The van der Waals surface area contributed by atoms with Gasteiger partial charge >= 0.3 is 0 Å². The third kappa shape index (κ3) is 3.44. The summed E-state index contributed by atoms with van der Waals surface area (Å²) in [6.45, 7) is 5.62. The van der Waals surface area contributed by atoms with Gasteiger partial charge in [0, 0.05) is 6.54 Å². The van der Waals surface area contributed by atoms with Gasteiger partial charge in [0.15, 0.2) is 0 Å². The Bertz CT molecular complexity index is 196. The van der Waals surface area contributed by atoms with Gasteiger partial charge in [-0.05, 0) is 64.8 Å². The van der Waals surface area contributed by atoms with Gasteiger partial charge in [0.05, 0.1) is 6.10 Å². The zero-order chi connectivity index (χ0) is 11.4. The van der Waals surface area contributed by atoms with E-state index in [0.717, 1.165) is 19.6 Å². The number of hydrogen-bond donors (Lipinski definition) is 1. The highest BCUT2D eigenvalue weighted by molar-refractivity contribution is 4.79. The van der Waals surface area contributed by atoms with Crippen molar-refractivity contribution in [2.24, 2.45) is 5.92 Å². The molecular weight excluding hydrogens is 200 g/mol. The highest BCUT2D eigenvalue weighted by atomic mass is 16.3. The quantitative estimate of drug-likeness (QED) is 0.783. The molecule has 0 aromatic rings. The van der Waals surface area contributed by atoms with Crippen molar-refractivity contribution in [1.82, 2.24) is 9.80 Å². The second-order valence-electron chi connectivity index (χ2n) is 5.57. The average Bonchev–Trinajstić information content (AvgIpc) is 2.31. The van der Waals surface area contributed by atoms with E-state index >= 15 is 0 Å². The lowest BCUT2D eigenvalue weighted by atomic mass is 9.91. The Morgan fingerprint density at radius 1 is 1.06 bits per heavy atom. The summed E-state index contributed by atoms with van der Waals surface area (Å²) in [6, 6.07) is 0. The minimum Gasteiger partial charge on any atom is -0.392 e. The summed E-state index contributed by atoms with van der Waals surface area (Å²) in [5, 5.41) is 10.3. The minimum atomic E-state index is -0.0909. The number of aliphatic hydroxyl groups excluding tert-OH is 1. The number of β-amino-alcohol motifs (C(OH)–C–C–N with tert-alkyl or cyclic N) is 1. The van der Waals surface area contributed by atoms with Crippen LogP contribution in [0.2, 0.25) is 0 Å². The molecule has 0 bridgehead atoms. The molecule has 0 amide bonds. The summed E-state index contributed by atoms with van der Waals surface area (Å²) in [7, 11) is 2.17. The molecule has 0 saturated carbocycles. The van der Waals surface area contributed by atoms with E-state index in [0.29, 0.717) is 5.92 Å². The Hall–Kier alpha value is -0.120. The molecule has 0 radical (unpaired) electrons. The van der Waals surface area contributed by atoms with Crippen molar-refractivity contribution < 1.29 is 5.11 Å². The van der Waals surface area contributed by atoms with E-state index in [-0.39, 0.29) is 6.10 Å². The highest BCUT2D eigenvalue weighted by Gasteiger charge is 2.25. The summed E-state index contributed by atoms with van der Waals surface area (Å²) in [4.78, 5) is 4.82. The molecule has 2 aliphatic rings. The third-order valence-electron chi connectivity index (χ3n) is 4.20. The maximum Gasteiger partial charge on any atom is 0.0696 e. The first-order valence-corrected chi connectivity index (χ1v) is 6.84. The third-order valence-corrected chi connectivity index (χ3v) is 4.20. The Morgan fingerprint density at radius 2 is 1.69 bits per heavy atom. The van der Waals surface area contributed by atoms with E-state index in [1.807, 2.05) is 0 Å². The van der Waals surface area contributed by atoms with Crippen LogP contribution in [0.25, 0.3) is 0 Å². The summed E-state index contributed by atoms with van der Waals surface area (Å²) in [5.74, 6) is 0.540. The van der Waals surface area contributed by atoms with Crippen LogP contribution in [0.4, 0.5) is 0 Å². The van der Waals surface area contributed by atoms with Crippen molar-refractivity contribution in [1.29, 1.82) is 0 Å². The van der Waals surface area contributed by atoms with Gasteiger partial charge in [-0.25, -0.2) is 0 Å². The monoisotopic (exact) mass is 226 g/mol. The van der Waals surface area contributed by atoms with Gasteiger partial charge in [0.25, 0.3) is 0 Å². The SMILES string of the molecule is CN1CCC(C(O)CN2CCCCC2)CC1. The van der Waals surface area contributed by atoms with Crippen molar-refractivity contribution in [3.8, 4) is 0 Å². The van der Waals surface area contributed by atoms with Crippen LogP contribution in [0.15, 0.2) is 0 Å². The number of likely N-dealkylation sites (tertiary alicyclic amines) is 2. The number of aliphatic hydroxyl groups is 1. The van der Waals surface area contributed by atoms with Gasteiger partial charge in [-0.3, -0.25) is 0 Å². The zero-order valence-corrected chi connectivity index (χ0v) is 10.6. The second kappa shape index (κ2) is 5.99. The Kier molecular flexibility index (Phi) is 4.62. The van der Waals surface area contributed by atoms with Crippen molar-refractivity contribution in [3.63, 3.8) is 0 Å². The Balaban J connectivity index is 1.72. The zero-order valence-electron chi connectivity index (χ0n) is 10.6. The molecule has 0 aromatic carbocycles. The fraction of sp³-hybridized carbons (Fsp3) is 1.00. The molecule has 1 atom stereocenters. The van der Waals surface area contributed by atoms with Crippen LogP contribution in [-0.4, -0.2) is 60.8 Å². The van der Waals surface area contributed by atoms with E-state index in [1.54, 1.807) is 0 Å². The van der Waals surface area contributed by atoms with Crippen LogP contribution in [0.5, 0.6) is 0 Å². The smallest absolute Gasteiger partial charge is 0.0696 e. The molecule has 1 unspecified atom stereocenters. The predicted octanol–water partition coefficient (Wildman–Crippen LogP) is 1.17. The molecule has 2 aliphatic heterocycles. The first-order valence-electron chi connectivity index (χ1n) is 6.84. The fourth-order valence-electron chi connectivity index (χ4n) is 2.97. The normalized spacial score (nSPS) is 28.1. The van der Waals surface area contributed by atoms with Crippen molar-refractivity contribution in [2.45, 2.75) is 38.2 Å². The number of piperidine rings is 2. The first kappa shape index (κ1) is 12.3. The molecule has 0 aromatic heterocycles. The van der Waals surface area contributed by atoms with Gasteiger partial charge in [-0.15, -0.1) is 0 Å².